The average molecular weight is 304 g/mol. The van der Waals surface area contributed by atoms with Crippen LogP contribution in [0.1, 0.15) is 45.2 Å². The van der Waals surface area contributed by atoms with Gasteiger partial charge in [0, 0.05) is 31.0 Å². The van der Waals surface area contributed by atoms with E-state index >= 15 is 0 Å². The van der Waals surface area contributed by atoms with Gasteiger partial charge in [0.1, 0.15) is 17.1 Å². The zero-order valence-electron chi connectivity index (χ0n) is 14.0. The van der Waals surface area contributed by atoms with Crippen molar-refractivity contribution in [3.63, 3.8) is 0 Å². The molecule has 0 aromatic heterocycles. The topological polar surface area (TPSA) is 33.7 Å². The van der Waals surface area contributed by atoms with Crippen molar-refractivity contribution < 1.29 is 9.47 Å². The Morgan fingerprint density at radius 2 is 2.14 bits per heavy atom. The maximum absolute atomic E-state index is 6.44. The molecule has 1 aromatic carbocycles. The molecule has 0 aliphatic carbocycles. The van der Waals surface area contributed by atoms with E-state index in [2.05, 4.69) is 36.2 Å². The molecule has 0 radical (unpaired) electrons. The minimum Gasteiger partial charge on any atom is -0.494 e. The zero-order valence-corrected chi connectivity index (χ0v) is 14.0. The van der Waals surface area contributed by atoms with Crippen molar-refractivity contribution in [3.8, 4) is 11.5 Å². The molecule has 1 fully saturated rings. The van der Waals surface area contributed by atoms with Crippen LogP contribution < -0.4 is 14.8 Å². The number of fused-ring (bicyclic) bond motifs is 1. The lowest BCUT2D eigenvalue weighted by Crippen LogP contribution is -2.46. The second-order valence-corrected chi connectivity index (χ2v) is 6.29. The first-order valence-corrected chi connectivity index (χ1v) is 8.62. The van der Waals surface area contributed by atoms with E-state index in [0.717, 1.165) is 50.5 Å². The fraction of sp³-hybridized carbons (Fsp3) is 0.667. The molecule has 0 bridgehead atoms. The Bertz CT molecular complexity index is 508. The lowest BCUT2D eigenvalue weighted by Gasteiger charge is -2.43. The third-order valence-corrected chi connectivity index (χ3v) is 5.00. The molecule has 2 aliphatic heterocycles. The molecule has 3 rings (SSSR count). The minimum absolute atomic E-state index is 0.0343. The molecule has 0 saturated carbocycles. The molecule has 4 nitrogen and oxygen atoms in total. The van der Waals surface area contributed by atoms with Gasteiger partial charge in [-0.2, -0.15) is 0 Å². The van der Waals surface area contributed by atoms with Crippen LogP contribution in [0.15, 0.2) is 18.2 Å². The van der Waals surface area contributed by atoms with E-state index in [1.54, 1.807) is 0 Å². The van der Waals surface area contributed by atoms with E-state index in [1.165, 1.54) is 5.56 Å². The van der Waals surface area contributed by atoms with Crippen LogP contribution in [0, 0.1) is 0 Å². The van der Waals surface area contributed by atoms with Gasteiger partial charge >= 0.3 is 0 Å². The average Bonchev–Trinajstić information content (AvgIpc) is 2.97. The first-order chi connectivity index (χ1) is 10.7. The van der Waals surface area contributed by atoms with Gasteiger partial charge in [0.05, 0.1) is 6.61 Å². The monoisotopic (exact) mass is 304 g/mol. The van der Waals surface area contributed by atoms with Gasteiger partial charge in [-0.25, -0.2) is 0 Å². The Balaban J connectivity index is 1.98. The summed E-state index contributed by atoms with van der Waals surface area (Å²) in [5.41, 5.74) is 1.25. The van der Waals surface area contributed by atoms with Gasteiger partial charge in [0.2, 0.25) is 0 Å². The summed E-state index contributed by atoms with van der Waals surface area (Å²) in [5.74, 6) is 1.98. The second kappa shape index (κ2) is 6.47. The van der Waals surface area contributed by atoms with E-state index < -0.39 is 0 Å². The highest BCUT2D eigenvalue weighted by Crippen LogP contribution is 2.45. The van der Waals surface area contributed by atoms with Crippen LogP contribution >= 0.6 is 0 Å². The summed E-state index contributed by atoms with van der Waals surface area (Å²) < 4.78 is 12.1. The molecular weight excluding hydrogens is 276 g/mol. The first-order valence-electron chi connectivity index (χ1n) is 8.62. The molecule has 122 valence electrons. The third kappa shape index (κ3) is 2.82. The Hall–Kier alpha value is -1.26. The summed E-state index contributed by atoms with van der Waals surface area (Å²) in [5, 5.41) is 3.47. The molecule has 22 heavy (non-hydrogen) atoms. The van der Waals surface area contributed by atoms with Crippen LogP contribution in [0.4, 0.5) is 0 Å². The number of hydrogen-bond acceptors (Lipinski definition) is 4. The van der Waals surface area contributed by atoms with Crippen LogP contribution in [0.5, 0.6) is 11.5 Å². The summed E-state index contributed by atoms with van der Waals surface area (Å²) in [6.45, 7) is 11.3. The van der Waals surface area contributed by atoms with Crippen LogP contribution in [-0.2, 0) is 0 Å². The summed E-state index contributed by atoms with van der Waals surface area (Å²) in [6, 6.07) is 6.72. The SMILES string of the molecule is CCOc1ccc2c(c1)C(N(CC)CC)CC1(CCNC1)O2. The predicted octanol–water partition coefficient (Wildman–Crippen LogP) is 2.98. The molecule has 1 saturated heterocycles. The van der Waals surface area contributed by atoms with Crippen LogP contribution in [0.3, 0.4) is 0 Å². The Kier molecular flexibility index (Phi) is 4.59. The number of nitrogens with one attached hydrogen (secondary N) is 1. The van der Waals surface area contributed by atoms with Crippen LogP contribution in [0.25, 0.3) is 0 Å². The van der Waals surface area contributed by atoms with Crippen molar-refractivity contribution in [2.24, 2.45) is 0 Å². The van der Waals surface area contributed by atoms with Gasteiger partial charge in [-0.15, -0.1) is 0 Å². The molecule has 2 aliphatic rings. The Morgan fingerprint density at radius 3 is 2.77 bits per heavy atom. The zero-order chi connectivity index (χ0) is 15.6. The number of hydrogen-bond donors (Lipinski definition) is 1. The molecular formula is C18H28N2O2. The highest BCUT2D eigenvalue weighted by Gasteiger charge is 2.44. The van der Waals surface area contributed by atoms with Gasteiger partial charge in [-0.3, -0.25) is 4.90 Å². The lowest BCUT2D eigenvalue weighted by molar-refractivity contribution is 0.0192. The Labute approximate surface area is 133 Å². The second-order valence-electron chi connectivity index (χ2n) is 6.29. The van der Waals surface area contributed by atoms with E-state index in [4.69, 9.17) is 9.47 Å². The van der Waals surface area contributed by atoms with Gasteiger partial charge in [-0.1, -0.05) is 13.8 Å². The van der Waals surface area contributed by atoms with Crippen molar-refractivity contribution in [3.05, 3.63) is 23.8 Å². The molecule has 2 heterocycles. The molecule has 2 atom stereocenters. The fourth-order valence-corrected chi connectivity index (χ4v) is 3.85. The highest BCUT2D eigenvalue weighted by molar-refractivity contribution is 5.44. The van der Waals surface area contributed by atoms with Gasteiger partial charge < -0.3 is 14.8 Å². The van der Waals surface area contributed by atoms with E-state index in [9.17, 15) is 0 Å². The number of nitrogens with zero attached hydrogens (tertiary/aromatic N) is 1. The largest absolute Gasteiger partial charge is 0.494 e. The lowest BCUT2D eigenvalue weighted by atomic mass is 9.85. The fourth-order valence-electron chi connectivity index (χ4n) is 3.85. The number of ether oxygens (including phenoxy) is 2. The maximum atomic E-state index is 6.44. The molecule has 2 unspecified atom stereocenters. The van der Waals surface area contributed by atoms with Crippen molar-refractivity contribution in [2.45, 2.75) is 45.3 Å². The van der Waals surface area contributed by atoms with Crippen molar-refractivity contribution >= 4 is 0 Å². The first kappa shape index (κ1) is 15.6. The normalized spacial score (nSPS) is 27.0. The van der Waals surface area contributed by atoms with E-state index in [0.29, 0.717) is 12.6 Å². The van der Waals surface area contributed by atoms with Crippen molar-refractivity contribution in [2.75, 3.05) is 32.8 Å². The molecule has 1 spiro atoms. The van der Waals surface area contributed by atoms with Crippen LogP contribution in [0.2, 0.25) is 0 Å². The molecule has 0 amide bonds. The summed E-state index contributed by atoms with van der Waals surface area (Å²) >= 11 is 0. The van der Waals surface area contributed by atoms with Gasteiger partial charge in [-0.05, 0) is 44.8 Å². The van der Waals surface area contributed by atoms with E-state index in [-0.39, 0.29) is 5.60 Å². The summed E-state index contributed by atoms with van der Waals surface area (Å²) in [4.78, 5) is 2.54. The number of rotatable bonds is 5. The maximum Gasteiger partial charge on any atom is 0.125 e. The Morgan fingerprint density at radius 1 is 1.32 bits per heavy atom. The molecule has 1 N–H and O–H groups in total. The highest BCUT2D eigenvalue weighted by atomic mass is 16.5. The quantitative estimate of drug-likeness (QED) is 0.907. The van der Waals surface area contributed by atoms with Crippen molar-refractivity contribution in [1.29, 1.82) is 0 Å². The number of benzene rings is 1. The van der Waals surface area contributed by atoms with Gasteiger partial charge in [0.15, 0.2) is 0 Å². The summed E-state index contributed by atoms with van der Waals surface area (Å²) in [6.07, 6.45) is 2.15. The van der Waals surface area contributed by atoms with Gasteiger partial charge in [0.25, 0.3) is 0 Å². The third-order valence-electron chi connectivity index (χ3n) is 5.00. The summed E-state index contributed by atoms with van der Waals surface area (Å²) in [7, 11) is 0. The van der Waals surface area contributed by atoms with Crippen molar-refractivity contribution in [1.82, 2.24) is 10.2 Å². The standard InChI is InChI=1S/C18H28N2O2/c1-4-20(5-2)16-12-18(9-10-19-13-18)22-17-8-7-14(21-6-3)11-15(16)17/h7-8,11,16,19H,4-6,9-10,12-13H2,1-3H3. The minimum atomic E-state index is -0.0343. The van der Waals surface area contributed by atoms with Crippen LogP contribution in [-0.4, -0.2) is 43.3 Å². The molecule has 1 aromatic rings. The smallest absolute Gasteiger partial charge is 0.125 e. The predicted molar refractivity (Wildman–Crippen MR) is 88.7 cm³/mol. The van der Waals surface area contributed by atoms with E-state index in [1.807, 2.05) is 13.0 Å². The molecule has 4 heteroatoms.